The van der Waals surface area contributed by atoms with E-state index in [1.807, 2.05) is 17.5 Å². The monoisotopic (exact) mass is 412 g/mol. The highest BCUT2D eigenvalue weighted by Crippen LogP contribution is 2.34. The number of aryl methyl sites for hydroxylation is 1. The molecule has 0 spiro atoms. The van der Waals surface area contributed by atoms with E-state index in [-0.39, 0.29) is 11.7 Å². The standard InChI is InChI=1S/C20H17FN4OS2/c1-2-3-13-8-9-14-16(22)17(28-19(14)23-13)18(26)25-20-24-15(10-27-20)11-4-6-12(21)7-5-11/h4-10H,2-3,22H2,1H3,(H,24,25,26). The van der Waals surface area contributed by atoms with Crippen molar-refractivity contribution in [2.75, 3.05) is 11.1 Å². The van der Waals surface area contributed by atoms with Crippen LogP contribution in [0.2, 0.25) is 0 Å². The minimum absolute atomic E-state index is 0.302. The summed E-state index contributed by atoms with van der Waals surface area (Å²) in [6.45, 7) is 2.10. The number of pyridine rings is 1. The van der Waals surface area contributed by atoms with Crippen molar-refractivity contribution in [3.05, 3.63) is 58.2 Å². The molecule has 1 amide bonds. The van der Waals surface area contributed by atoms with Crippen LogP contribution in [0.25, 0.3) is 21.5 Å². The van der Waals surface area contributed by atoms with Crippen molar-refractivity contribution >= 4 is 49.6 Å². The third-order valence-electron chi connectivity index (χ3n) is 4.23. The van der Waals surface area contributed by atoms with Gasteiger partial charge < -0.3 is 5.73 Å². The summed E-state index contributed by atoms with van der Waals surface area (Å²) in [6.07, 6.45) is 1.90. The van der Waals surface area contributed by atoms with E-state index in [9.17, 15) is 9.18 Å². The summed E-state index contributed by atoms with van der Waals surface area (Å²) in [5, 5.41) is 5.87. The number of nitrogens with one attached hydrogen (secondary N) is 1. The minimum Gasteiger partial charge on any atom is -0.397 e. The van der Waals surface area contributed by atoms with E-state index in [0.717, 1.165) is 34.3 Å². The molecule has 0 fully saturated rings. The molecule has 8 heteroatoms. The minimum atomic E-state index is -0.308. The Morgan fingerprint density at radius 2 is 1.96 bits per heavy atom. The van der Waals surface area contributed by atoms with Gasteiger partial charge in [0, 0.05) is 22.0 Å². The lowest BCUT2D eigenvalue weighted by Crippen LogP contribution is -2.11. The zero-order valence-electron chi connectivity index (χ0n) is 15.0. The van der Waals surface area contributed by atoms with Crippen LogP contribution in [0, 0.1) is 5.82 Å². The maximum absolute atomic E-state index is 13.1. The number of aromatic nitrogens is 2. The van der Waals surface area contributed by atoms with Crippen molar-refractivity contribution in [3.8, 4) is 11.3 Å². The highest BCUT2D eigenvalue weighted by molar-refractivity contribution is 7.21. The zero-order chi connectivity index (χ0) is 19.7. The van der Waals surface area contributed by atoms with E-state index < -0.39 is 0 Å². The number of hydrogen-bond donors (Lipinski definition) is 2. The Morgan fingerprint density at radius 3 is 2.71 bits per heavy atom. The first-order valence-electron chi connectivity index (χ1n) is 8.76. The topological polar surface area (TPSA) is 80.9 Å². The number of nitrogen functional groups attached to an aromatic ring is 1. The van der Waals surface area contributed by atoms with E-state index in [0.29, 0.717) is 21.4 Å². The number of nitrogens with two attached hydrogens (primary N) is 1. The summed E-state index contributed by atoms with van der Waals surface area (Å²) in [5.74, 6) is -0.610. The lowest BCUT2D eigenvalue weighted by Gasteiger charge is -2.00. The van der Waals surface area contributed by atoms with Crippen LogP contribution in [0.15, 0.2) is 41.8 Å². The quantitative estimate of drug-likeness (QED) is 0.463. The molecular weight excluding hydrogens is 395 g/mol. The smallest absolute Gasteiger partial charge is 0.269 e. The van der Waals surface area contributed by atoms with Gasteiger partial charge in [-0.05, 0) is 42.8 Å². The summed E-state index contributed by atoms with van der Waals surface area (Å²) < 4.78 is 13.1. The normalized spacial score (nSPS) is 11.1. The summed E-state index contributed by atoms with van der Waals surface area (Å²) in [6, 6.07) is 9.94. The van der Waals surface area contributed by atoms with E-state index in [2.05, 4.69) is 22.2 Å². The highest BCUT2D eigenvalue weighted by atomic mass is 32.1. The average Bonchev–Trinajstić information content (AvgIpc) is 3.27. The molecule has 1 aromatic carbocycles. The fourth-order valence-corrected chi connectivity index (χ4v) is 4.56. The molecule has 0 bridgehead atoms. The molecule has 0 aliphatic heterocycles. The molecule has 3 aromatic heterocycles. The SMILES string of the molecule is CCCc1ccc2c(N)c(C(=O)Nc3nc(-c4ccc(F)cc4)cs3)sc2n1. The van der Waals surface area contributed by atoms with Crippen molar-refractivity contribution in [3.63, 3.8) is 0 Å². The number of rotatable bonds is 5. The predicted molar refractivity (Wildman–Crippen MR) is 113 cm³/mol. The molecule has 0 radical (unpaired) electrons. The first-order chi connectivity index (χ1) is 13.5. The van der Waals surface area contributed by atoms with Crippen molar-refractivity contribution in [1.82, 2.24) is 9.97 Å². The van der Waals surface area contributed by atoms with Gasteiger partial charge in [-0.3, -0.25) is 10.1 Å². The number of thiazole rings is 1. The third-order valence-corrected chi connectivity index (χ3v) is 6.10. The zero-order valence-corrected chi connectivity index (χ0v) is 16.7. The van der Waals surface area contributed by atoms with Gasteiger partial charge in [-0.2, -0.15) is 0 Å². The van der Waals surface area contributed by atoms with Crippen LogP contribution in [0.5, 0.6) is 0 Å². The van der Waals surface area contributed by atoms with Crippen molar-refractivity contribution in [1.29, 1.82) is 0 Å². The molecule has 0 atom stereocenters. The molecule has 0 aliphatic carbocycles. The fraction of sp³-hybridized carbons (Fsp3) is 0.150. The fourth-order valence-electron chi connectivity index (χ4n) is 2.84. The Balaban J connectivity index is 1.57. The van der Waals surface area contributed by atoms with Crippen LogP contribution >= 0.6 is 22.7 Å². The molecule has 0 unspecified atom stereocenters. The first kappa shape index (κ1) is 18.5. The maximum Gasteiger partial charge on any atom is 0.269 e. The Morgan fingerprint density at radius 1 is 1.18 bits per heavy atom. The number of hydrogen-bond acceptors (Lipinski definition) is 6. The van der Waals surface area contributed by atoms with Gasteiger partial charge in [-0.25, -0.2) is 14.4 Å². The van der Waals surface area contributed by atoms with Crippen LogP contribution in [0.3, 0.4) is 0 Å². The van der Waals surface area contributed by atoms with Crippen LogP contribution < -0.4 is 11.1 Å². The van der Waals surface area contributed by atoms with Gasteiger partial charge in [0.2, 0.25) is 0 Å². The molecule has 4 rings (SSSR count). The lowest BCUT2D eigenvalue weighted by molar-refractivity contribution is 0.103. The van der Waals surface area contributed by atoms with Gasteiger partial charge in [-0.1, -0.05) is 13.3 Å². The third kappa shape index (κ3) is 3.61. The van der Waals surface area contributed by atoms with Gasteiger partial charge in [0.1, 0.15) is 15.5 Å². The van der Waals surface area contributed by atoms with Gasteiger partial charge in [0.25, 0.3) is 5.91 Å². The van der Waals surface area contributed by atoms with E-state index in [4.69, 9.17) is 5.73 Å². The summed E-state index contributed by atoms with van der Waals surface area (Å²) in [4.78, 5) is 22.9. The number of benzene rings is 1. The van der Waals surface area contributed by atoms with Crippen molar-refractivity contribution in [2.45, 2.75) is 19.8 Å². The average molecular weight is 413 g/mol. The van der Waals surface area contributed by atoms with Crippen molar-refractivity contribution < 1.29 is 9.18 Å². The van der Waals surface area contributed by atoms with E-state index in [1.165, 1.54) is 34.8 Å². The molecule has 3 heterocycles. The van der Waals surface area contributed by atoms with Gasteiger partial charge in [0.05, 0.1) is 11.4 Å². The first-order valence-corrected chi connectivity index (χ1v) is 10.5. The predicted octanol–water partition coefficient (Wildman–Crippen LogP) is 5.35. The summed E-state index contributed by atoms with van der Waals surface area (Å²) in [7, 11) is 0. The number of carbonyl (C=O) groups is 1. The molecule has 142 valence electrons. The maximum atomic E-state index is 13.1. The Kier molecular flexibility index (Phi) is 5.06. The number of halogens is 1. The van der Waals surface area contributed by atoms with Crippen molar-refractivity contribution in [2.24, 2.45) is 0 Å². The largest absolute Gasteiger partial charge is 0.397 e. The number of amides is 1. The lowest BCUT2D eigenvalue weighted by atomic mass is 10.2. The number of nitrogens with zero attached hydrogens (tertiary/aromatic N) is 2. The number of fused-ring (bicyclic) bond motifs is 1. The molecule has 0 saturated carbocycles. The second kappa shape index (κ2) is 7.65. The van der Waals surface area contributed by atoms with Crippen LogP contribution in [-0.2, 0) is 6.42 Å². The number of anilines is 2. The molecule has 28 heavy (non-hydrogen) atoms. The van der Waals surface area contributed by atoms with Crippen LogP contribution in [0.1, 0.15) is 28.7 Å². The molecule has 4 aromatic rings. The molecule has 0 aliphatic rings. The Hall–Kier alpha value is -2.84. The Labute approximate surface area is 169 Å². The van der Waals surface area contributed by atoms with Gasteiger partial charge >= 0.3 is 0 Å². The second-order valence-corrected chi connectivity index (χ2v) is 8.11. The molecule has 0 saturated heterocycles. The molecule has 3 N–H and O–H groups in total. The Bertz CT molecular complexity index is 1150. The van der Waals surface area contributed by atoms with E-state index >= 15 is 0 Å². The summed E-state index contributed by atoms with van der Waals surface area (Å²) in [5.41, 5.74) is 9.07. The molecule has 5 nitrogen and oxygen atoms in total. The summed E-state index contributed by atoms with van der Waals surface area (Å²) >= 11 is 2.59. The number of thiophene rings is 1. The van der Waals surface area contributed by atoms with E-state index in [1.54, 1.807) is 12.1 Å². The van der Waals surface area contributed by atoms with Crippen LogP contribution in [0.4, 0.5) is 15.2 Å². The second-order valence-electron chi connectivity index (χ2n) is 6.25. The van der Waals surface area contributed by atoms with Gasteiger partial charge in [-0.15, -0.1) is 22.7 Å². The highest BCUT2D eigenvalue weighted by Gasteiger charge is 2.19. The van der Waals surface area contributed by atoms with Gasteiger partial charge in [0.15, 0.2) is 5.13 Å². The number of carbonyl (C=O) groups excluding carboxylic acids is 1. The van der Waals surface area contributed by atoms with Crippen LogP contribution in [-0.4, -0.2) is 15.9 Å². The molecular formula is C20H17FN4OS2.